The largest absolute Gasteiger partial charge is 0.283 e. The van der Waals surface area contributed by atoms with Crippen LogP contribution in [-0.4, -0.2) is 20.4 Å². The van der Waals surface area contributed by atoms with Gasteiger partial charge in [-0.2, -0.15) is 18.4 Å². The van der Waals surface area contributed by atoms with Crippen molar-refractivity contribution >= 4 is 22.0 Å². The van der Waals surface area contributed by atoms with E-state index in [0.717, 1.165) is 5.56 Å². The number of rotatable bonds is 5. The zero-order chi connectivity index (χ0) is 15.3. The number of aryl methyl sites for hydroxylation is 1. The Morgan fingerprint density at radius 1 is 1.05 bits per heavy atom. The van der Waals surface area contributed by atoms with Crippen molar-refractivity contribution in [1.29, 1.82) is 0 Å². The molecule has 5 nitrogen and oxygen atoms in total. The van der Waals surface area contributed by atoms with E-state index in [2.05, 4.69) is 5.10 Å². The molecule has 21 heavy (non-hydrogen) atoms. The molecule has 0 aliphatic rings. The Morgan fingerprint density at radius 3 is 2.24 bits per heavy atom. The Balaban J connectivity index is 2.26. The van der Waals surface area contributed by atoms with Crippen LogP contribution >= 0.6 is 0 Å². The molecular formula is C15H13N2O3S. The first kappa shape index (κ1) is 14.9. The molecule has 0 unspecified atom stereocenters. The second-order valence-corrected chi connectivity index (χ2v) is 6.00. The number of nitrogens with one attached hydrogen (secondary N) is 1. The topological polar surface area (TPSA) is 75.6 Å². The van der Waals surface area contributed by atoms with Gasteiger partial charge in [0.25, 0.3) is 16.3 Å². The molecule has 2 rings (SSSR count). The lowest BCUT2D eigenvalue weighted by molar-refractivity contribution is 0.566. The molecule has 2 aromatic rings. The SMILES string of the molecule is Cc1ccc(S(=O)(=O)NN=C([C]=O)c2ccccc2)cc1. The molecule has 0 aromatic heterocycles. The van der Waals surface area contributed by atoms with E-state index in [1.165, 1.54) is 12.1 Å². The minimum absolute atomic E-state index is 0.0789. The maximum absolute atomic E-state index is 12.0. The first-order valence-electron chi connectivity index (χ1n) is 6.12. The van der Waals surface area contributed by atoms with E-state index in [1.807, 2.05) is 11.8 Å². The molecule has 0 fully saturated rings. The number of carbonyl (C=O) groups excluding carboxylic acids is 1. The molecule has 1 radical (unpaired) electrons. The van der Waals surface area contributed by atoms with Gasteiger partial charge in [-0.05, 0) is 19.1 Å². The predicted octanol–water partition coefficient (Wildman–Crippen LogP) is 1.79. The quantitative estimate of drug-likeness (QED) is 0.675. The first-order valence-corrected chi connectivity index (χ1v) is 7.61. The second kappa shape index (κ2) is 6.32. The Labute approximate surface area is 123 Å². The minimum Gasteiger partial charge on any atom is -0.283 e. The number of hydrazone groups is 1. The van der Waals surface area contributed by atoms with E-state index in [1.54, 1.807) is 48.8 Å². The van der Waals surface area contributed by atoms with Gasteiger partial charge in [0.1, 0.15) is 5.71 Å². The van der Waals surface area contributed by atoms with Crippen molar-refractivity contribution in [2.24, 2.45) is 5.10 Å². The van der Waals surface area contributed by atoms with Crippen LogP contribution in [0, 0.1) is 6.92 Å². The summed E-state index contributed by atoms with van der Waals surface area (Å²) in [4.78, 5) is 13.0. The van der Waals surface area contributed by atoms with Crippen LogP contribution in [0.1, 0.15) is 11.1 Å². The number of hydrogen-bond donors (Lipinski definition) is 1. The van der Waals surface area contributed by atoms with Gasteiger partial charge in [-0.3, -0.25) is 4.79 Å². The lowest BCUT2D eigenvalue weighted by atomic mass is 10.1. The van der Waals surface area contributed by atoms with Gasteiger partial charge >= 0.3 is 0 Å². The van der Waals surface area contributed by atoms with Gasteiger partial charge in [0.2, 0.25) is 0 Å². The average Bonchev–Trinajstić information content (AvgIpc) is 2.49. The summed E-state index contributed by atoms with van der Waals surface area (Å²) in [7, 11) is -3.81. The molecule has 0 bridgehead atoms. The number of nitrogens with zero attached hydrogens (tertiary/aromatic N) is 1. The molecule has 0 spiro atoms. The summed E-state index contributed by atoms with van der Waals surface area (Å²) in [6.45, 7) is 1.86. The molecule has 0 heterocycles. The molecular weight excluding hydrogens is 288 g/mol. The zero-order valence-corrected chi connectivity index (χ0v) is 12.1. The normalized spacial score (nSPS) is 12.0. The fraction of sp³-hybridized carbons (Fsp3) is 0.0667. The van der Waals surface area contributed by atoms with E-state index in [4.69, 9.17) is 0 Å². The van der Waals surface area contributed by atoms with Crippen LogP contribution in [0.15, 0.2) is 64.6 Å². The third-order valence-electron chi connectivity index (χ3n) is 2.75. The minimum atomic E-state index is -3.81. The average molecular weight is 301 g/mol. The molecule has 0 aliphatic carbocycles. The third-order valence-corrected chi connectivity index (χ3v) is 3.98. The van der Waals surface area contributed by atoms with E-state index in [-0.39, 0.29) is 10.6 Å². The summed E-state index contributed by atoms with van der Waals surface area (Å²) in [5, 5.41) is 3.64. The van der Waals surface area contributed by atoms with Crippen LogP contribution < -0.4 is 4.83 Å². The molecule has 0 amide bonds. The van der Waals surface area contributed by atoms with E-state index in [9.17, 15) is 13.2 Å². The molecule has 0 saturated carbocycles. The maximum Gasteiger partial charge on any atom is 0.276 e. The van der Waals surface area contributed by atoms with Gasteiger partial charge in [-0.15, -0.1) is 0 Å². The summed E-state index contributed by atoms with van der Waals surface area (Å²) in [6, 6.07) is 14.8. The fourth-order valence-corrected chi connectivity index (χ4v) is 2.43. The van der Waals surface area contributed by atoms with Crippen molar-refractivity contribution < 1.29 is 13.2 Å². The molecule has 0 aliphatic heterocycles. The lowest BCUT2D eigenvalue weighted by Crippen LogP contribution is -2.21. The molecule has 0 saturated heterocycles. The zero-order valence-electron chi connectivity index (χ0n) is 11.3. The molecule has 107 valence electrons. The van der Waals surface area contributed by atoms with Crippen molar-refractivity contribution in [2.75, 3.05) is 0 Å². The van der Waals surface area contributed by atoms with Crippen LogP contribution in [0.5, 0.6) is 0 Å². The fourth-order valence-electron chi connectivity index (χ4n) is 1.62. The first-order chi connectivity index (χ1) is 10.0. The maximum atomic E-state index is 12.0. The van der Waals surface area contributed by atoms with Crippen molar-refractivity contribution in [3.63, 3.8) is 0 Å². The van der Waals surface area contributed by atoms with Crippen LogP contribution in [-0.2, 0) is 14.8 Å². The Morgan fingerprint density at radius 2 is 1.67 bits per heavy atom. The third kappa shape index (κ3) is 3.76. The molecule has 0 atom stereocenters. The summed E-state index contributed by atoms with van der Waals surface area (Å²) in [6.07, 6.45) is 1.62. The highest BCUT2D eigenvalue weighted by atomic mass is 32.2. The van der Waals surface area contributed by atoms with Crippen molar-refractivity contribution in [3.05, 3.63) is 65.7 Å². The number of sulfonamides is 1. The van der Waals surface area contributed by atoms with Crippen LogP contribution in [0.4, 0.5) is 0 Å². The summed E-state index contributed by atoms with van der Waals surface area (Å²) in [5.74, 6) is 0. The van der Waals surface area contributed by atoms with Crippen molar-refractivity contribution in [1.82, 2.24) is 4.83 Å². The number of benzene rings is 2. The summed E-state index contributed by atoms with van der Waals surface area (Å²) in [5.41, 5.74) is 1.33. The smallest absolute Gasteiger partial charge is 0.276 e. The molecule has 6 heteroatoms. The lowest BCUT2D eigenvalue weighted by Gasteiger charge is -2.05. The Hall–Kier alpha value is -2.47. The van der Waals surface area contributed by atoms with Crippen molar-refractivity contribution in [3.8, 4) is 0 Å². The highest BCUT2D eigenvalue weighted by molar-refractivity contribution is 7.89. The van der Waals surface area contributed by atoms with Gasteiger partial charge in [0.05, 0.1) is 4.90 Å². The Bertz CT molecular complexity index is 751. The van der Waals surface area contributed by atoms with Crippen molar-refractivity contribution in [2.45, 2.75) is 11.8 Å². The standard InChI is InChI=1S/C15H13N2O3S/c1-12-7-9-14(10-8-12)21(19,20)17-16-15(11-18)13-5-3-2-4-6-13/h2-10,17H,1H3. The van der Waals surface area contributed by atoms with Gasteiger partial charge in [0, 0.05) is 5.56 Å². The van der Waals surface area contributed by atoms with Gasteiger partial charge < -0.3 is 0 Å². The van der Waals surface area contributed by atoms with Gasteiger partial charge in [-0.25, -0.2) is 0 Å². The monoisotopic (exact) mass is 301 g/mol. The summed E-state index contributed by atoms with van der Waals surface area (Å²) >= 11 is 0. The van der Waals surface area contributed by atoms with E-state index >= 15 is 0 Å². The van der Waals surface area contributed by atoms with Crippen LogP contribution in [0.25, 0.3) is 0 Å². The highest BCUT2D eigenvalue weighted by Crippen LogP contribution is 2.10. The van der Waals surface area contributed by atoms with Gasteiger partial charge in [0.15, 0.2) is 0 Å². The van der Waals surface area contributed by atoms with E-state index in [0.29, 0.717) is 5.56 Å². The molecule has 1 N–H and O–H groups in total. The molecule has 2 aromatic carbocycles. The number of hydrogen-bond acceptors (Lipinski definition) is 4. The van der Waals surface area contributed by atoms with E-state index < -0.39 is 10.0 Å². The predicted molar refractivity (Wildman–Crippen MR) is 80.2 cm³/mol. The summed E-state index contributed by atoms with van der Waals surface area (Å²) < 4.78 is 24.1. The van der Waals surface area contributed by atoms with Crippen LogP contribution in [0.3, 0.4) is 0 Å². The Kier molecular flexibility index (Phi) is 4.49. The highest BCUT2D eigenvalue weighted by Gasteiger charge is 2.13. The van der Waals surface area contributed by atoms with Crippen LogP contribution in [0.2, 0.25) is 0 Å². The second-order valence-electron chi connectivity index (χ2n) is 4.34. The van der Waals surface area contributed by atoms with Gasteiger partial charge in [-0.1, -0.05) is 48.0 Å².